The average Bonchev–Trinajstić information content (AvgIpc) is 2.93. The van der Waals surface area contributed by atoms with Gasteiger partial charge in [-0.2, -0.15) is 0 Å². The summed E-state index contributed by atoms with van der Waals surface area (Å²) < 4.78 is 15.7. The summed E-state index contributed by atoms with van der Waals surface area (Å²) in [7, 11) is 1.65. The Kier molecular flexibility index (Phi) is 2.99. The largest absolute Gasteiger partial charge is 0.497 e. The van der Waals surface area contributed by atoms with Crippen molar-refractivity contribution in [3.63, 3.8) is 0 Å². The first-order valence-corrected chi connectivity index (χ1v) is 5.91. The minimum absolute atomic E-state index is 0.282. The van der Waals surface area contributed by atoms with Crippen molar-refractivity contribution in [2.75, 3.05) is 13.9 Å². The molecule has 2 aromatic carbocycles. The van der Waals surface area contributed by atoms with Gasteiger partial charge >= 0.3 is 0 Å². The Morgan fingerprint density at radius 2 is 1.58 bits per heavy atom. The van der Waals surface area contributed by atoms with Gasteiger partial charge in [-0.25, -0.2) is 0 Å². The number of benzene rings is 2. The Balaban J connectivity index is 1.83. The van der Waals surface area contributed by atoms with Gasteiger partial charge in [-0.15, -0.1) is 0 Å². The van der Waals surface area contributed by atoms with Crippen LogP contribution in [0.15, 0.2) is 42.5 Å². The molecule has 1 aliphatic heterocycles. The molecule has 2 aromatic rings. The van der Waals surface area contributed by atoms with Crippen molar-refractivity contribution in [1.82, 2.24) is 0 Å². The van der Waals surface area contributed by atoms with Crippen LogP contribution in [0, 0.1) is 11.8 Å². The highest BCUT2D eigenvalue weighted by atomic mass is 16.7. The van der Waals surface area contributed by atoms with Crippen LogP contribution in [0.25, 0.3) is 0 Å². The van der Waals surface area contributed by atoms with E-state index in [1.807, 2.05) is 42.5 Å². The second-order valence-corrected chi connectivity index (χ2v) is 4.05. The van der Waals surface area contributed by atoms with E-state index in [-0.39, 0.29) is 6.79 Å². The molecular weight excluding hydrogens is 240 g/mol. The maximum Gasteiger partial charge on any atom is 0.231 e. The topological polar surface area (TPSA) is 27.7 Å². The molecular formula is C16H12O3. The first-order valence-electron chi connectivity index (χ1n) is 5.91. The van der Waals surface area contributed by atoms with E-state index >= 15 is 0 Å². The Labute approximate surface area is 111 Å². The second-order valence-electron chi connectivity index (χ2n) is 4.05. The molecule has 0 fully saturated rings. The lowest BCUT2D eigenvalue weighted by molar-refractivity contribution is 0.174. The highest BCUT2D eigenvalue weighted by Crippen LogP contribution is 2.32. The summed E-state index contributed by atoms with van der Waals surface area (Å²) >= 11 is 0. The molecule has 0 N–H and O–H groups in total. The first kappa shape index (κ1) is 11.5. The van der Waals surface area contributed by atoms with Crippen molar-refractivity contribution < 1.29 is 14.2 Å². The average molecular weight is 252 g/mol. The van der Waals surface area contributed by atoms with E-state index in [0.717, 1.165) is 28.4 Å². The lowest BCUT2D eigenvalue weighted by atomic mass is 10.1. The molecule has 0 atom stereocenters. The highest BCUT2D eigenvalue weighted by molar-refractivity contribution is 5.51. The molecule has 3 rings (SSSR count). The van der Waals surface area contributed by atoms with E-state index < -0.39 is 0 Å². The molecule has 0 spiro atoms. The van der Waals surface area contributed by atoms with Crippen LogP contribution < -0.4 is 14.2 Å². The Morgan fingerprint density at radius 1 is 0.895 bits per heavy atom. The maximum absolute atomic E-state index is 5.31. The van der Waals surface area contributed by atoms with Gasteiger partial charge in [0.25, 0.3) is 0 Å². The molecule has 3 heteroatoms. The molecule has 0 saturated heterocycles. The molecule has 19 heavy (non-hydrogen) atoms. The predicted molar refractivity (Wildman–Crippen MR) is 71.5 cm³/mol. The number of ether oxygens (including phenoxy) is 3. The van der Waals surface area contributed by atoms with Crippen LogP contribution in [-0.2, 0) is 0 Å². The smallest absolute Gasteiger partial charge is 0.231 e. The molecule has 1 heterocycles. The summed E-state index contributed by atoms with van der Waals surface area (Å²) in [5, 5.41) is 0. The van der Waals surface area contributed by atoms with Crippen LogP contribution in [0.1, 0.15) is 11.1 Å². The van der Waals surface area contributed by atoms with Gasteiger partial charge in [0.15, 0.2) is 11.5 Å². The summed E-state index contributed by atoms with van der Waals surface area (Å²) in [5.74, 6) is 8.56. The quantitative estimate of drug-likeness (QED) is 0.730. The van der Waals surface area contributed by atoms with Crippen LogP contribution in [0.3, 0.4) is 0 Å². The molecule has 94 valence electrons. The Morgan fingerprint density at radius 3 is 2.37 bits per heavy atom. The van der Waals surface area contributed by atoms with Gasteiger partial charge in [0.05, 0.1) is 7.11 Å². The van der Waals surface area contributed by atoms with Gasteiger partial charge in [0, 0.05) is 11.1 Å². The van der Waals surface area contributed by atoms with Crippen molar-refractivity contribution in [2.24, 2.45) is 0 Å². The van der Waals surface area contributed by atoms with Gasteiger partial charge in [0.1, 0.15) is 5.75 Å². The van der Waals surface area contributed by atoms with Gasteiger partial charge < -0.3 is 14.2 Å². The highest BCUT2D eigenvalue weighted by Gasteiger charge is 2.12. The molecule has 0 bridgehead atoms. The summed E-state index contributed by atoms with van der Waals surface area (Å²) in [6.07, 6.45) is 0. The predicted octanol–water partition coefficient (Wildman–Crippen LogP) is 2.82. The third-order valence-corrected chi connectivity index (χ3v) is 2.81. The molecule has 0 amide bonds. The van der Waals surface area contributed by atoms with E-state index in [1.165, 1.54) is 0 Å². The van der Waals surface area contributed by atoms with Crippen molar-refractivity contribution >= 4 is 0 Å². The fourth-order valence-corrected chi connectivity index (χ4v) is 1.79. The van der Waals surface area contributed by atoms with Crippen LogP contribution in [0.2, 0.25) is 0 Å². The number of methoxy groups -OCH3 is 1. The number of hydrogen-bond acceptors (Lipinski definition) is 3. The summed E-state index contributed by atoms with van der Waals surface area (Å²) in [5.41, 5.74) is 1.85. The molecule has 0 aromatic heterocycles. The van der Waals surface area contributed by atoms with E-state index in [1.54, 1.807) is 7.11 Å². The second kappa shape index (κ2) is 4.95. The zero-order valence-corrected chi connectivity index (χ0v) is 10.5. The third kappa shape index (κ3) is 2.48. The zero-order valence-electron chi connectivity index (χ0n) is 10.5. The van der Waals surface area contributed by atoms with E-state index in [4.69, 9.17) is 14.2 Å². The van der Waals surface area contributed by atoms with Crippen LogP contribution >= 0.6 is 0 Å². The Hall–Kier alpha value is -2.60. The fraction of sp³-hybridized carbons (Fsp3) is 0.125. The van der Waals surface area contributed by atoms with Crippen molar-refractivity contribution in [1.29, 1.82) is 0 Å². The molecule has 0 aliphatic carbocycles. The van der Waals surface area contributed by atoms with E-state index in [9.17, 15) is 0 Å². The minimum Gasteiger partial charge on any atom is -0.497 e. The van der Waals surface area contributed by atoms with Crippen LogP contribution in [-0.4, -0.2) is 13.9 Å². The van der Waals surface area contributed by atoms with Gasteiger partial charge in [0.2, 0.25) is 6.79 Å². The molecule has 1 aliphatic rings. The molecule has 0 saturated carbocycles. The Bertz CT molecular complexity index is 648. The summed E-state index contributed by atoms with van der Waals surface area (Å²) in [6, 6.07) is 13.3. The van der Waals surface area contributed by atoms with Crippen molar-refractivity contribution in [2.45, 2.75) is 0 Å². The van der Waals surface area contributed by atoms with Gasteiger partial charge in [-0.1, -0.05) is 11.8 Å². The zero-order chi connectivity index (χ0) is 13.1. The summed E-state index contributed by atoms with van der Waals surface area (Å²) in [4.78, 5) is 0. The van der Waals surface area contributed by atoms with Crippen LogP contribution in [0.5, 0.6) is 17.2 Å². The fourth-order valence-electron chi connectivity index (χ4n) is 1.79. The van der Waals surface area contributed by atoms with Gasteiger partial charge in [-0.05, 0) is 42.5 Å². The van der Waals surface area contributed by atoms with E-state index in [0.29, 0.717) is 0 Å². The maximum atomic E-state index is 5.31. The van der Waals surface area contributed by atoms with Crippen LogP contribution in [0.4, 0.5) is 0 Å². The van der Waals surface area contributed by atoms with Crippen molar-refractivity contribution in [3.05, 3.63) is 53.6 Å². The minimum atomic E-state index is 0.282. The monoisotopic (exact) mass is 252 g/mol. The molecule has 0 radical (unpaired) electrons. The molecule has 0 unspecified atom stereocenters. The lowest BCUT2D eigenvalue weighted by Gasteiger charge is -1.98. The number of fused-ring (bicyclic) bond motifs is 1. The SMILES string of the molecule is COc1ccc(C#Cc2ccc3c(c2)OCO3)cc1. The number of hydrogen-bond donors (Lipinski definition) is 0. The van der Waals surface area contributed by atoms with Gasteiger partial charge in [-0.3, -0.25) is 0 Å². The number of rotatable bonds is 1. The standard InChI is InChI=1S/C16H12O3/c1-17-14-7-4-12(5-8-14)2-3-13-6-9-15-16(10-13)19-11-18-15/h4-10H,11H2,1H3. The molecule has 3 nitrogen and oxygen atoms in total. The van der Waals surface area contributed by atoms with E-state index in [2.05, 4.69) is 11.8 Å². The summed E-state index contributed by atoms with van der Waals surface area (Å²) in [6.45, 7) is 0.282. The lowest BCUT2D eigenvalue weighted by Crippen LogP contribution is -1.92. The first-order chi connectivity index (χ1) is 9.35. The third-order valence-electron chi connectivity index (χ3n) is 2.81. The van der Waals surface area contributed by atoms with Crippen molar-refractivity contribution in [3.8, 4) is 29.1 Å². The normalized spacial score (nSPS) is 11.6.